The molecule has 0 spiro atoms. The first-order chi connectivity index (χ1) is 21.6. The number of hydrogen-bond donors (Lipinski definition) is 2. The second-order valence-electron chi connectivity index (χ2n) is 12.4. The van der Waals surface area contributed by atoms with E-state index in [0.717, 1.165) is 11.4 Å². The van der Waals surface area contributed by atoms with E-state index in [1.165, 1.54) is 34.4 Å². The van der Waals surface area contributed by atoms with Crippen molar-refractivity contribution in [2.75, 3.05) is 0 Å². The molecule has 4 rings (SSSR count). The molecule has 4 aromatic rings. The molecule has 0 radical (unpaired) electrons. The van der Waals surface area contributed by atoms with E-state index in [0.29, 0.717) is 44.8 Å². The summed E-state index contributed by atoms with van der Waals surface area (Å²) in [4.78, 5) is 9.32. The standard InChI is InChI=1S/2C19H21Cl2NO/c2*1-11(2)15-6-5-7-16(12(3)4)18(15)22-10-13-8-14(20)9-17(21)19(13)23/h2*5-12,23H,1-4H3. The van der Waals surface area contributed by atoms with Crippen LogP contribution in [0.25, 0.3) is 0 Å². The molecule has 0 heterocycles. The fourth-order valence-corrected chi connectivity index (χ4v) is 5.98. The maximum Gasteiger partial charge on any atom is 0.143 e. The summed E-state index contributed by atoms with van der Waals surface area (Å²) in [5.41, 5.74) is 7.65. The minimum absolute atomic E-state index is 0.00654. The molecule has 0 aliphatic heterocycles. The van der Waals surface area contributed by atoms with Crippen molar-refractivity contribution in [3.05, 3.63) is 114 Å². The van der Waals surface area contributed by atoms with Gasteiger partial charge in [-0.05, 0) is 70.2 Å². The van der Waals surface area contributed by atoms with E-state index in [1.54, 1.807) is 24.6 Å². The summed E-state index contributed by atoms with van der Waals surface area (Å²) in [5.74, 6) is 1.42. The van der Waals surface area contributed by atoms with Crippen molar-refractivity contribution in [2.45, 2.75) is 79.1 Å². The van der Waals surface area contributed by atoms with Crippen LogP contribution in [0.1, 0.15) is 112 Å². The number of para-hydroxylation sites is 2. The molecule has 0 bridgehead atoms. The Morgan fingerprint density at radius 2 is 0.783 bits per heavy atom. The van der Waals surface area contributed by atoms with Crippen LogP contribution in [0, 0.1) is 0 Å². The summed E-state index contributed by atoms with van der Waals surface area (Å²) in [6.45, 7) is 17.2. The highest BCUT2D eigenvalue weighted by Crippen LogP contribution is 2.37. The van der Waals surface area contributed by atoms with E-state index in [-0.39, 0.29) is 21.5 Å². The first kappa shape index (κ1) is 37.4. The van der Waals surface area contributed by atoms with Crippen LogP contribution in [0.2, 0.25) is 20.1 Å². The molecule has 0 amide bonds. The van der Waals surface area contributed by atoms with Gasteiger partial charge >= 0.3 is 0 Å². The lowest BCUT2D eigenvalue weighted by atomic mass is 9.93. The van der Waals surface area contributed by atoms with Crippen LogP contribution in [0.5, 0.6) is 11.5 Å². The lowest BCUT2D eigenvalue weighted by Gasteiger charge is -2.16. The van der Waals surface area contributed by atoms with Crippen molar-refractivity contribution in [3.8, 4) is 11.5 Å². The molecule has 0 saturated carbocycles. The Labute approximate surface area is 293 Å². The second-order valence-corrected chi connectivity index (χ2v) is 14.0. The van der Waals surface area contributed by atoms with E-state index in [9.17, 15) is 10.2 Å². The van der Waals surface area contributed by atoms with Gasteiger partial charge in [-0.25, -0.2) is 0 Å². The van der Waals surface area contributed by atoms with E-state index in [2.05, 4.69) is 102 Å². The molecule has 4 nitrogen and oxygen atoms in total. The molecule has 0 aliphatic carbocycles. The second kappa shape index (κ2) is 16.7. The van der Waals surface area contributed by atoms with Crippen molar-refractivity contribution in [1.29, 1.82) is 0 Å². The predicted molar refractivity (Wildman–Crippen MR) is 200 cm³/mol. The van der Waals surface area contributed by atoms with Crippen LogP contribution in [-0.2, 0) is 0 Å². The highest BCUT2D eigenvalue weighted by molar-refractivity contribution is 6.36. The number of hydrogen-bond acceptors (Lipinski definition) is 4. The van der Waals surface area contributed by atoms with Crippen molar-refractivity contribution in [2.24, 2.45) is 9.98 Å². The average Bonchev–Trinajstić information content (AvgIpc) is 2.98. The molecule has 4 aromatic carbocycles. The number of aromatic hydroxyl groups is 2. The largest absolute Gasteiger partial charge is 0.506 e. The van der Waals surface area contributed by atoms with Crippen LogP contribution < -0.4 is 0 Å². The van der Waals surface area contributed by atoms with E-state index >= 15 is 0 Å². The van der Waals surface area contributed by atoms with Gasteiger partial charge in [0, 0.05) is 33.6 Å². The number of phenolic OH excluding ortho intramolecular Hbond substituents is 2. The van der Waals surface area contributed by atoms with E-state index in [4.69, 9.17) is 46.4 Å². The molecule has 0 saturated heterocycles. The highest BCUT2D eigenvalue weighted by Gasteiger charge is 2.15. The van der Waals surface area contributed by atoms with Gasteiger partial charge in [-0.1, -0.05) is 138 Å². The number of halogens is 4. The molecule has 8 heteroatoms. The first-order valence-electron chi connectivity index (χ1n) is 15.3. The van der Waals surface area contributed by atoms with Gasteiger partial charge in [0.2, 0.25) is 0 Å². The minimum atomic E-state index is -0.00654. The van der Waals surface area contributed by atoms with Gasteiger partial charge in [0.15, 0.2) is 0 Å². The van der Waals surface area contributed by atoms with Gasteiger partial charge < -0.3 is 10.2 Å². The predicted octanol–water partition coefficient (Wildman–Crippen LogP) is 13.4. The Hall–Kier alpha value is -3.02. The number of aliphatic imine (C=N–C) groups is 2. The Bertz CT molecular complexity index is 1550. The third kappa shape index (κ3) is 9.51. The zero-order valence-electron chi connectivity index (χ0n) is 27.5. The third-order valence-corrected chi connectivity index (χ3v) is 8.48. The average molecular weight is 701 g/mol. The normalized spacial score (nSPS) is 11.8. The molecule has 2 N–H and O–H groups in total. The Kier molecular flexibility index (Phi) is 13.6. The van der Waals surface area contributed by atoms with Crippen LogP contribution in [-0.4, -0.2) is 22.6 Å². The van der Waals surface area contributed by atoms with Crippen molar-refractivity contribution < 1.29 is 10.2 Å². The quantitative estimate of drug-likeness (QED) is 0.180. The van der Waals surface area contributed by atoms with Crippen LogP contribution in [0.3, 0.4) is 0 Å². The SMILES string of the molecule is CC(C)c1cccc(C(C)C)c1N=Cc1cc(Cl)cc(Cl)c1O.CC(C)c1cccc(C(C)C)c1N=Cc1cc(Cl)cc(Cl)c1O. The molecular formula is C38H42Cl4N2O2. The number of phenols is 2. The number of nitrogens with zero attached hydrogens (tertiary/aromatic N) is 2. The van der Waals surface area contributed by atoms with E-state index < -0.39 is 0 Å². The number of rotatable bonds is 8. The Morgan fingerprint density at radius 3 is 1.04 bits per heavy atom. The topological polar surface area (TPSA) is 65.2 Å². The fraction of sp³-hybridized carbons (Fsp3) is 0.316. The van der Waals surface area contributed by atoms with Crippen LogP contribution in [0.4, 0.5) is 11.4 Å². The van der Waals surface area contributed by atoms with E-state index in [1.807, 2.05) is 0 Å². The molecule has 244 valence electrons. The summed E-state index contributed by atoms with van der Waals surface area (Å²) in [5, 5.41) is 21.5. The maximum atomic E-state index is 10.1. The lowest BCUT2D eigenvalue weighted by Crippen LogP contribution is -1.96. The molecule has 0 fully saturated rings. The Balaban J connectivity index is 0.000000250. The van der Waals surface area contributed by atoms with Gasteiger partial charge in [-0.3, -0.25) is 9.98 Å². The molecule has 0 aliphatic rings. The maximum absolute atomic E-state index is 10.1. The van der Waals surface area contributed by atoms with Gasteiger partial charge in [-0.15, -0.1) is 0 Å². The zero-order valence-corrected chi connectivity index (χ0v) is 30.6. The summed E-state index contributed by atoms with van der Waals surface area (Å²) in [6.07, 6.45) is 3.25. The smallest absolute Gasteiger partial charge is 0.143 e. The molecule has 0 aromatic heterocycles. The molecule has 0 atom stereocenters. The fourth-order valence-electron chi connectivity index (χ4n) is 4.96. The number of benzene rings is 4. The molecule has 0 unspecified atom stereocenters. The van der Waals surface area contributed by atoms with Gasteiger partial charge in [0.25, 0.3) is 0 Å². The molecular weight excluding hydrogens is 658 g/mol. The monoisotopic (exact) mass is 698 g/mol. The van der Waals surface area contributed by atoms with Gasteiger partial charge in [-0.2, -0.15) is 0 Å². The van der Waals surface area contributed by atoms with Crippen LogP contribution in [0.15, 0.2) is 70.6 Å². The van der Waals surface area contributed by atoms with Gasteiger partial charge in [0.05, 0.1) is 21.4 Å². The lowest BCUT2D eigenvalue weighted by molar-refractivity contribution is 0.474. The van der Waals surface area contributed by atoms with Crippen molar-refractivity contribution >= 4 is 70.2 Å². The Morgan fingerprint density at radius 1 is 0.500 bits per heavy atom. The van der Waals surface area contributed by atoms with Crippen LogP contribution >= 0.6 is 46.4 Å². The summed E-state index contributed by atoms with van der Waals surface area (Å²) in [7, 11) is 0. The summed E-state index contributed by atoms with van der Waals surface area (Å²) < 4.78 is 0. The highest BCUT2D eigenvalue weighted by atomic mass is 35.5. The summed E-state index contributed by atoms with van der Waals surface area (Å²) in [6, 6.07) is 18.8. The van der Waals surface area contributed by atoms with Gasteiger partial charge in [0.1, 0.15) is 11.5 Å². The third-order valence-electron chi connectivity index (χ3n) is 7.47. The summed E-state index contributed by atoms with van der Waals surface area (Å²) >= 11 is 24.0. The minimum Gasteiger partial charge on any atom is -0.506 e. The zero-order chi connectivity index (χ0) is 34.3. The molecule has 46 heavy (non-hydrogen) atoms. The van der Waals surface area contributed by atoms with Crippen molar-refractivity contribution in [3.63, 3.8) is 0 Å². The first-order valence-corrected chi connectivity index (χ1v) is 16.8. The van der Waals surface area contributed by atoms with Crippen molar-refractivity contribution in [1.82, 2.24) is 0 Å².